The molecule has 0 unspecified atom stereocenters. The van der Waals surface area contributed by atoms with Crippen LogP contribution in [0.4, 0.5) is 0 Å². The summed E-state index contributed by atoms with van der Waals surface area (Å²) < 4.78 is 7.12. The molecule has 1 aliphatic carbocycles. The van der Waals surface area contributed by atoms with Gasteiger partial charge in [0.2, 0.25) is 5.91 Å². The van der Waals surface area contributed by atoms with E-state index >= 15 is 0 Å². The number of hydrogen-bond acceptors (Lipinski definition) is 6. The molecule has 0 aromatic carbocycles. The number of nitrogens with zero attached hydrogens (tertiary/aromatic N) is 2. The molecule has 0 saturated heterocycles. The Morgan fingerprint density at radius 3 is 2.86 bits per heavy atom. The van der Waals surface area contributed by atoms with Crippen molar-refractivity contribution in [2.24, 2.45) is 0 Å². The van der Waals surface area contributed by atoms with Gasteiger partial charge < -0.3 is 9.73 Å². The number of aryl methyl sites for hydroxylation is 2. The molecule has 3 aromatic heterocycles. The Kier molecular flexibility index (Phi) is 5.57. The summed E-state index contributed by atoms with van der Waals surface area (Å²) in [4.78, 5) is 32.6. The highest BCUT2D eigenvalue weighted by atomic mass is 32.2. The summed E-state index contributed by atoms with van der Waals surface area (Å²) >= 11 is 2.92. The molecule has 1 N–H and O–H groups in total. The molecule has 8 heteroatoms. The van der Waals surface area contributed by atoms with Gasteiger partial charge in [-0.2, -0.15) is 0 Å². The summed E-state index contributed by atoms with van der Waals surface area (Å²) in [5, 5.41) is 4.26. The van der Waals surface area contributed by atoms with E-state index in [0.717, 1.165) is 35.9 Å². The topological polar surface area (TPSA) is 77.1 Å². The Morgan fingerprint density at radius 1 is 1.34 bits per heavy atom. The van der Waals surface area contributed by atoms with Crippen LogP contribution in [0, 0.1) is 0 Å². The second-order valence-electron chi connectivity index (χ2n) is 8.34. The minimum atomic E-state index is -0.296. The molecule has 0 saturated carbocycles. The maximum Gasteiger partial charge on any atom is 0.263 e. The number of fused-ring (bicyclic) bond motifs is 3. The smallest absolute Gasteiger partial charge is 0.263 e. The molecule has 0 fully saturated rings. The first-order chi connectivity index (χ1) is 13.8. The number of thioether (sulfide) groups is 1. The molecule has 3 heterocycles. The molecule has 0 aliphatic heterocycles. The number of nitrogens with one attached hydrogen (secondary N) is 1. The summed E-state index contributed by atoms with van der Waals surface area (Å²) in [5.41, 5.74) is 0.837. The van der Waals surface area contributed by atoms with E-state index in [2.05, 4.69) is 5.32 Å². The second-order valence-corrected chi connectivity index (χ2v) is 10.4. The summed E-state index contributed by atoms with van der Waals surface area (Å²) in [5.74, 6) is 0.823. The van der Waals surface area contributed by atoms with E-state index < -0.39 is 0 Å². The number of rotatable bonds is 5. The first-order valence-electron chi connectivity index (χ1n) is 9.83. The number of amides is 1. The third kappa shape index (κ3) is 4.43. The first-order valence-corrected chi connectivity index (χ1v) is 11.6. The molecular formula is C21H25N3O3S2. The van der Waals surface area contributed by atoms with Crippen LogP contribution in [0.15, 0.2) is 32.8 Å². The standard InChI is InChI=1S/C21H25N3O3S2/c1-21(2,3)23-16(25)12-28-20-22-18-17(14-8-4-5-9-15(14)29-18)19(26)24(20)11-13-7-6-10-27-13/h6-7,10H,4-5,8-9,11-12H2,1-3H3,(H,23,25). The molecule has 6 nitrogen and oxygen atoms in total. The van der Waals surface area contributed by atoms with Crippen LogP contribution in [-0.4, -0.2) is 26.8 Å². The van der Waals surface area contributed by atoms with Gasteiger partial charge in [0, 0.05) is 10.4 Å². The van der Waals surface area contributed by atoms with Crippen molar-refractivity contribution in [2.75, 3.05) is 5.75 Å². The van der Waals surface area contributed by atoms with Crippen LogP contribution in [0.2, 0.25) is 0 Å². The lowest BCUT2D eigenvalue weighted by Crippen LogP contribution is -2.41. The molecular weight excluding hydrogens is 406 g/mol. The zero-order valence-electron chi connectivity index (χ0n) is 16.9. The molecule has 0 radical (unpaired) electrons. The third-order valence-corrected chi connectivity index (χ3v) is 6.94. The van der Waals surface area contributed by atoms with Crippen LogP contribution in [0.1, 0.15) is 49.8 Å². The minimum absolute atomic E-state index is 0.0375. The Bertz CT molecular complexity index is 1090. The number of furan rings is 1. The molecule has 0 bridgehead atoms. The van der Waals surface area contributed by atoms with Gasteiger partial charge in [0.15, 0.2) is 5.16 Å². The number of carbonyl (C=O) groups is 1. The largest absolute Gasteiger partial charge is 0.467 e. The van der Waals surface area contributed by atoms with Crippen molar-refractivity contribution in [1.82, 2.24) is 14.9 Å². The van der Waals surface area contributed by atoms with Crippen LogP contribution in [-0.2, 0) is 24.2 Å². The van der Waals surface area contributed by atoms with Crippen LogP contribution in [0.25, 0.3) is 10.2 Å². The highest BCUT2D eigenvalue weighted by Crippen LogP contribution is 2.34. The fourth-order valence-corrected chi connectivity index (χ4v) is 5.71. The van der Waals surface area contributed by atoms with Crippen molar-refractivity contribution < 1.29 is 9.21 Å². The van der Waals surface area contributed by atoms with E-state index in [1.807, 2.05) is 32.9 Å². The van der Waals surface area contributed by atoms with Gasteiger partial charge in [0.25, 0.3) is 5.56 Å². The molecule has 1 aliphatic rings. The monoisotopic (exact) mass is 431 g/mol. The predicted octanol–water partition coefficient (Wildman–Crippen LogP) is 3.98. The molecule has 0 atom stereocenters. The van der Waals surface area contributed by atoms with Crippen molar-refractivity contribution in [1.29, 1.82) is 0 Å². The fourth-order valence-electron chi connectivity index (χ4n) is 3.61. The first kappa shape index (κ1) is 20.2. The Morgan fingerprint density at radius 2 is 2.14 bits per heavy atom. The highest BCUT2D eigenvalue weighted by molar-refractivity contribution is 7.99. The van der Waals surface area contributed by atoms with E-state index in [9.17, 15) is 9.59 Å². The van der Waals surface area contributed by atoms with Gasteiger partial charge in [-0.15, -0.1) is 11.3 Å². The van der Waals surface area contributed by atoms with Crippen molar-refractivity contribution in [3.05, 3.63) is 45.0 Å². The maximum atomic E-state index is 13.5. The van der Waals surface area contributed by atoms with Gasteiger partial charge in [-0.05, 0) is 64.2 Å². The predicted molar refractivity (Wildman–Crippen MR) is 117 cm³/mol. The molecule has 0 spiro atoms. The fraction of sp³-hybridized carbons (Fsp3) is 0.476. The molecule has 154 valence electrons. The van der Waals surface area contributed by atoms with Crippen LogP contribution < -0.4 is 10.9 Å². The molecule has 3 aromatic rings. The third-order valence-electron chi connectivity index (χ3n) is 4.78. The van der Waals surface area contributed by atoms with Crippen LogP contribution in [0.5, 0.6) is 0 Å². The number of carbonyl (C=O) groups excluding carboxylic acids is 1. The average molecular weight is 432 g/mol. The number of hydrogen-bond donors (Lipinski definition) is 1. The lowest BCUT2D eigenvalue weighted by atomic mass is 9.97. The van der Waals surface area contributed by atoms with E-state index in [-0.39, 0.29) is 22.8 Å². The van der Waals surface area contributed by atoms with Gasteiger partial charge in [0.1, 0.15) is 10.6 Å². The maximum absolute atomic E-state index is 13.5. The molecule has 29 heavy (non-hydrogen) atoms. The SMILES string of the molecule is CC(C)(C)NC(=O)CSc1nc2sc3c(c2c(=O)n1Cc1ccco1)CCCC3. The molecule has 4 rings (SSSR count). The lowest BCUT2D eigenvalue weighted by molar-refractivity contribution is -0.119. The average Bonchev–Trinajstić information content (AvgIpc) is 3.28. The van der Waals surface area contributed by atoms with Gasteiger partial charge in [-0.25, -0.2) is 4.98 Å². The summed E-state index contributed by atoms with van der Waals surface area (Å²) in [6, 6.07) is 3.66. The van der Waals surface area contributed by atoms with Crippen molar-refractivity contribution in [2.45, 2.75) is 63.7 Å². The van der Waals surface area contributed by atoms with E-state index in [1.54, 1.807) is 22.2 Å². The lowest BCUT2D eigenvalue weighted by Gasteiger charge is -2.20. The minimum Gasteiger partial charge on any atom is -0.467 e. The Labute approximate surface area is 177 Å². The van der Waals surface area contributed by atoms with Crippen molar-refractivity contribution in [3.63, 3.8) is 0 Å². The summed E-state index contributed by atoms with van der Waals surface area (Å²) in [7, 11) is 0. The summed E-state index contributed by atoms with van der Waals surface area (Å²) in [6.45, 7) is 6.15. The van der Waals surface area contributed by atoms with Gasteiger partial charge >= 0.3 is 0 Å². The van der Waals surface area contributed by atoms with Crippen LogP contribution in [0.3, 0.4) is 0 Å². The Balaban J connectivity index is 1.73. The van der Waals surface area contributed by atoms with Gasteiger partial charge in [-0.1, -0.05) is 11.8 Å². The number of aromatic nitrogens is 2. The quantitative estimate of drug-likeness (QED) is 0.488. The van der Waals surface area contributed by atoms with Crippen molar-refractivity contribution >= 4 is 39.2 Å². The van der Waals surface area contributed by atoms with E-state index in [4.69, 9.17) is 9.40 Å². The van der Waals surface area contributed by atoms with Gasteiger partial charge in [0.05, 0.1) is 23.9 Å². The van der Waals surface area contributed by atoms with Crippen molar-refractivity contribution in [3.8, 4) is 0 Å². The Hall–Kier alpha value is -2.06. The zero-order chi connectivity index (χ0) is 20.6. The van der Waals surface area contributed by atoms with E-state index in [0.29, 0.717) is 17.5 Å². The second kappa shape index (κ2) is 7.99. The highest BCUT2D eigenvalue weighted by Gasteiger charge is 2.23. The van der Waals surface area contributed by atoms with E-state index in [1.165, 1.54) is 22.2 Å². The van der Waals surface area contributed by atoms with Gasteiger partial charge in [-0.3, -0.25) is 14.2 Å². The summed E-state index contributed by atoms with van der Waals surface area (Å²) in [6.07, 6.45) is 5.83. The van der Waals surface area contributed by atoms with Crippen LogP contribution >= 0.6 is 23.1 Å². The molecule has 1 amide bonds. The number of thiophene rings is 1. The normalized spacial score (nSPS) is 14.2. The zero-order valence-corrected chi connectivity index (χ0v) is 18.5.